The zero-order valence-electron chi connectivity index (χ0n) is 14.0. The van der Waals surface area contributed by atoms with E-state index < -0.39 is 23.8 Å². The molecule has 3 aliphatic rings. The molecule has 2 aliphatic heterocycles. The molecule has 0 aromatic heterocycles. The summed E-state index contributed by atoms with van der Waals surface area (Å²) in [4.78, 5) is 25.8. The number of rotatable bonds is 0. The fourth-order valence-electron chi connectivity index (χ4n) is 4.11. The van der Waals surface area contributed by atoms with Crippen LogP contribution in [-0.2, 0) is 4.74 Å². The molecule has 0 radical (unpaired) electrons. The highest BCUT2D eigenvalue weighted by atomic mass is 16.7. The van der Waals surface area contributed by atoms with E-state index in [1.165, 1.54) is 6.07 Å². The van der Waals surface area contributed by atoms with Gasteiger partial charge in [0.1, 0.15) is 17.6 Å². The quantitative estimate of drug-likeness (QED) is 0.646. The Morgan fingerprint density at radius 3 is 2.54 bits per heavy atom. The van der Waals surface area contributed by atoms with Crippen LogP contribution in [0, 0.1) is 0 Å². The molecule has 6 heteroatoms. The molecule has 2 aromatic carbocycles. The number of ether oxygens (including phenoxy) is 2. The third-order valence-electron chi connectivity index (χ3n) is 5.42. The van der Waals surface area contributed by atoms with Crippen molar-refractivity contribution in [3.8, 4) is 11.5 Å². The summed E-state index contributed by atoms with van der Waals surface area (Å²) in [6.45, 7) is 1.76. The normalized spacial score (nSPS) is 28.7. The van der Waals surface area contributed by atoms with Crippen LogP contribution < -0.4 is 4.74 Å². The molecule has 2 aromatic rings. The molecule has 5 rings (SSSR count). The van der Waals surface area contributed by atoms with E-state index >= 15 is 0 Å². The summed E-state index contributed by atoms with van der Waals surface area (Å²) in [5.41, 5.74) is 0.854. The lowest BCUT2D eigenvalue weighted by atomic mass is 9.80. The van der Waals surface area contributed by atoms with Crippen LogP contribution in [0.25, 0.3) is 0 Å². The maximum absolute atomic E-state index is 12.9. The summed E-state index contributed by atoms with van der Waals surface area (Å²) in [5, 5.41) is 21.2. The number of benzene rings is 2. The monoisotopic (exact) mass is 352 g/mol. The molecule has 0 saturated carbocycles. The van der Waals surface area contributed by atoms with Gasteiger partial charge in [-0.2, -0.15) is 0 Å². The van der Waals surface area contributed by atoms with E-state index in [9.17, 15) is 19.8 Å². The van der Waals surface area contributed by atoms with E-state index in [1.54, 1.807) is 31.2 Å². The Bertz CT molecular complexity index is 994. The maximum atomic E-state index is 12.9. The van der Waals surface area contributed by atoms with Gasteiger partial charge in [-0.1, -0.05) is 24.3 Å². The number of phenols is 1. The number of phenolic OH excluding ortho intramolecular Hbond substituents is 1. The van der Waals surface area contributed by atoms with Crippen LogP contribution in [0.1, 0.15) is 63.3 Å². The number of aliphatic hydroxyl groups is 1. The highest BCUT2D eigenvalue weighted by Gasteiger charge is 2.48. The molecule has 0 spiro atoms. The van der Waals surface area contributed by atoms with Crippen molar-refractivity contribution in [2.24, 2.45) is 0 Å². The highest BCUT2D eigenvalue weighted by Crippen LogP contribution is 2.52. The van der Waals surface area contributed by atoms with E-state index in [0.29, 0.717) is 18.4 Å². The van der Waals surface area contributed by atoms with E-state index in [1.807, 2.05) is 0 Å². The van der Waals surface area contributed by atoms with Crippen LogP contribution in [0.2, 0.25) is 0 Å². The summed E-state index contributed by atoms with van der Waals surface area (Å²) < 4.78 is 11.7. The van der Waals surface area contributed by atoms with Gasteiger partial charge in [0, 0.05) is 30.0 Å². The fraction of sp³-hybridized carbons (Fsp3) is 0.300. The third-order valence-corrected chi connectivity index (χ3v) is 5.42. The third kappa shape index (κ3) is 1.88. The zero-order chi connectivity index (χ0) is 18.2. The SMILES string of the molecule is C[C@]12CC[C@H](O)[C@H](O1)c1c(cc3c(c1O)C(=O)c1ccccc1C3=O)O2. The summed E-state index contributed by atoms with van der Waals surface area (Å²) in [6, 6.07) is 8.02. The molecule has 3 atom stereocenters. The van der Waals surface area contributed by atoms with Crippen molar-refractivity contribution >= 4 is 11.6 Å². The van der Waals surface area contributed by atoms with Gasteiger partial charge in [0.15, 0.2) is 11.6 Å². The first-order valence-corrected chi connectivity index (χ1v) is 8.53. The standard InChI is InChI=1S/C20H16O6/c1-20-7-6-12(21)19(26-20)15-13(25-20)8-11-14(18(15)24)17(23)10-5-3-2-4-9(10)16(11)22/h2-5,8,12,19,21,24H,6-7H2,1H3/t12-,19-,20+/m0/s1. The molecule has 1 fully saturated rings. The van der Waals surface area contributed by atoms with Crippen molar-refractivity contribution < 1.29 is 29.3 Å². The number of ketones is 2. The van der Waals surface area contributed by atoms with Gasteiger partial charge in [-0.25, -0.2) is 0 Å². The lowest BCUT2D eigenvalue weighted by Gasteiger charge is -2.46. The number of hydrogen-bond acceptors (Lipinski definition) is 6. The molecule has 2 N–H and O–H groups in total. The van der Waals surface area contributed by atoms with Crippen molar-refractivity contribution in [1.82, 2.24) is 0 Å². The second-order valence-corrected chi connectivity index (χ2v) is 7.14. The van der Waals surface area contributed by atoms with Crippen LogP contribution in [0.3, 0.4) is 0 Å². The first-order chi connectivity index (χ1) is 12.4. The minimum Gasteiger partial charge on any atom is -0.507 e. The Balaban J connectivity index is 1.78. The molecular weight excluding hydrogens is 336 g/mol. The van der Waals surface area contributed by atoms with Crippen LogP contribution in [0.15, 0.2) is 30.3 Å². The number of aliphatic hydroxyl groups excluding tert-OH is 1. The summed E-state index contributed by atoms with van der Waals surface area (Å²) >= 11 is 0. The summed E-state index contributed by atoms with van der Waals surface area (Å²) in [6.07, 6.45) is -0.691. The van der Waals surface area contributed by atoms with Crippen molar-refractivity contribution in [1.29, 1.82) is 0 Å². The molecule has 2 heterocycles. The van der Waals surface area contributed by atoms with E-state index in [0.717, 1.165) is 0 Å². The molecule has 2 bridgehead atoms. The van der Waals surface area contributed by atoms with Gasteiger partial charge in [-0.05, 0) is 12.5 Å². The predicted octanol–water partition coefficient (Wildman–Crippen LogP) is 2.49. The topological polar surface area (TPSA) is 93.1 Å². The highest BCUT2D eigenvalue weighted by molar-refractivity contribution is 6.29. The van der Waals surface area contributed by atoms with Gasteiger partial charge < -0.3 is 19.7 Å². The Hall–Kier alpha value is -2.70. The number of fused-ring (bicyclic) bond motifs is 6. The van der Waals surface area contributed by atoms with Crippen molar-refractivity contribution in [3.63, 3.8) is 0 Å². The van der Waals surface area contributed by atoms with Crippen LogP contribution in [-0.4, -0.2) is 33.7 Å². The summed E-state index contributed by atoms with van der Waals surface area (Å²) in [7, 11) is 0. The average molecular weight is 352 g/mol. The maximum Gasteiger partial charge on any atom is 0.208 e. The van der Waals surface area contributed by atoms with Gasteiger partial charge in [-0.3, -0.25) is 9.59 Å². The van der Waals surface area contributed by atoms with Gasteiger partial charge in [0.25, 0.3) is 0 Å². The smallest absolute Gasteiger partial charge is 0.208 e. The Labute approximate surface area is 149 Å². The Kier molecular flexibility index (Phi) is 2.95. The number of carbonyl (C=O) groups excluding carboxylic acids is 2. The second-order valence-electron chi connectivity index (χ2n) is 7.14. The van der Waals surface area contributed by atoms with Crippen LogP contribution in [0.5, 0.6) is 11.5 Å². The van der Waals surface area contributed by atoms with Gasteiger partial charge >= 0.3 is 0 Å². The van der Waals surface area contributed by atoms with Gasteiger partial charge in [0.05, 0.1) is 17.2 Å². The first kappa shape index (κ1) is 15.5. The second kappa shape index (κ2) is 4.93. The van der Waals surface area contributed by atoms with Gasteiger partial charge in [0.2, 0.25) is 5.79 Å². The van der Waals surface area contributed by atoms with E-state index in [4.69, 9.17) is 9.47 Å². The predicted molar refractivity (Wildman–Crippen MR) is 89.5 cm³/mol. The van der Waals surface area contributed by atoms with E-state index in [2.05, 4.69) is 0 Å². The summed E-state index contributed by atoms with van der Waals surface area (Å²) in [5.74, 6) is -1.76. The van der Waals surface area contributed by atoms with Crippen molar-refractivity contribution in [3.05, 3.63) is 58.1 Å². The number of carbonyl (C=O) groups is 2. The minimum atomic E-state index is -0.933. The lowest BCUT2D eigenvalue weighted by molar-refractivity contribution is -0.270. The first-order valence-electron chi connectivity index (χ1n) is 8.53. The molecule has 1 aliphatic carbocycles. The molecule has 0 unspecified atom stereocenters. The molecular formula is C20H16O6. The zero-order valence-corrected chi connectivity index (χ0v) is 14.0. The number of aromatic hydroxyl groups is 1. The molecule has 26 heavy (non-hydrogen) atoms. The Morgan fingerprint density at radius 2 is 1.81 bits per heavy atom. The average Bonchev–Trinajstić information content (AvgIpc) is 2.62. The molecule has 0 amide bonds. The molecule has 1 saturated heterocycles. The van der Waals surface area contributed by atoms with Crippen molar-refractivity contribution in [2.75, 3.05) is 0 Å². The van der Waals surface area contributed by atoms with Gasteiger partial charge in [-0.15, -0.1) is 0 Å². The minimum absolute atomic E-state index is 0.0546. The van der Waals surface area contributed by atoms with Crippen LogP contribution >= 0.6 is 0 Å². The largest absolute Gasteiger partial charge is 0.507 e. The van der Waals surface area contributed by atoms with Crippen LogP contribution in [0.4, 0.5) is 0 Å². The number of hydrogen-bond donors (Lipinski definition) is 2. The molecule has 132 valence electrons. The Morgan fingerprint density at radius 1 is 1.12 bits per heavy atom. The van der Waals surface area contributed by atoms with Crippen molar-refractivity contribution in [2.45, 2.75) is 37.8 Å². The lowest BCUT2D eigenvalue weighted by Crippen LogP contribution is -2.48. The molecule has 6 nitrogen and oxygen atoms in total. The fourth-order valence-corrected chi connectivity index (χ4v) is 4.11. The van der Waals surface area contributed by atoms with E-state index in [-0.39, 0.29) is 39.5 Å².